The number of carboxylic acid groups (broad SMARTS) is 1. The van der Waals surface area contributed by atoms with Crippen LogP contribution in [-0.4, -0.2) is 34.0 Å². The number of nitrogens with zero attached hydrogens (tertiary/aromatic N) is 1. The van der Waals surface area contributed by atoms with Gasteiger partial charge in [0.05, 0.1) is 0 Å². The van der Waals surface area contributed by atoms with Crippen molar-refractivity contribution < 1.29 is 19.8 Å². The van der Waals surface area contributed by atoms with Crippen LogP contribution in [0.2, 0.25) is 0 Å². The minimum absolute atomic E-state index is 0.148. The molecule has 0 aromatic heterocycles. The zero-order valence-corrected chi connectivity index (χ0v) is 11.2. The lowest BCUT2D eigenvalue weighted by atomic mass is 10.1. The van der Waals surface area contributed by atoms with Crippen LogP contribution in [0, 0.1) is 0 Å². The highest BCUT2D eigenvalue weighted by Crippen LogP contribution is 2.19. The SMILES string of the molecule is CC(C)=CC(=O)N(C)Cc1ccc(O)c(C(=O)O)c1. The largest absolute Gasteiger partial charge is 0.507 e. The van der Waals surface area contributed by atoms with Gasteiger partial charge in [0.1, 0.15) is 11.3 Å². The molecule has 0 unspecified atom stereocenters. The summed E-state index contributed by atoms with van der Waals surface area (Å²) in [6.07, 6.45) is 1.51. The van der Waals surface area contributed by atoms with E-state index in [-0.39, 0.29) is 23.8 Å². The third-order valence-electron chi connectivity index (χ3n) is 2.50. The average molecular weight is 263 g/mol. The summed E-state index contributed by atoms with van der Waals surface area (Å²) in [5.74, 6) is -1.63. The van der Waals surface area contributed by atoms with Gasteiger partial charge in [0.2, 0.25) is 5.91 Å². The molecular weight excluding hydrogens is 246 g/mol. The molecule has 1 aromatic carbocycles. The van der Waals surface area contributed by atoms with Crippen molar-refractivity contribution in [2.75, 3.05) is 7.05 Å². The van der Waals surface area contributed by atoms with Gasteiger partial charge >= 0.3 is 5.97 Å². The van der Waals surface area contributed by atoms with Crippen molar-refractivity contribution in [3.63, 3.8) is 0 Å². The molecule has 19 heavy (non-hydrogen) atoms. The number of carboxylic acids is 1. The molecule has 102 valence electrons. The minimum atomic E-state index is -1.20. The number of aromatic hydroxyl groups is 1. The van der Waals surface area contributed by atoms with Gasteiger partial charge in [-0.1, -0.05) is 11.6 Å². The first-order chi connectivity index (χ1) is 8.81. The van der Waals surface area contributed by atoms with Crippen LogP contribution < -0.4 is 0 Å². The van der Waals surface area contributed by atoms with E-state index in [1.165, 1.54) is 23.1 Å². The molecule has 0 atom stereocenters. The highest BCUT2D eigenvalue weighted by Gasteiger charge is 2.12. The van der Waals surface area contributed by atoms with E-state index < -0.39 is 5.97 Å². The van der Waals surface area contributed by atoms with Gasteiger partial charge in [0.25, 0.3) is 0 Å². The van der Waals surface area contributed by atoms with Crippen molar-refractivity contribution in [3.05, 3.63) is 41.0 Å². The Morgan fingerprint density at radius 2 is 1.95 bits per heavy atom. The van der Waals surface area contributed by atoms with E-state index >= 15 is 0 Å². The lowest BCUT2D eigenvalue weighted by Gasteiger charge is -2.16. The maximum atomic E-state index is 11.7. The fourth-order valence-corrected chi connectivity index (χ4v) is 1.56. The van der Waals surface area contributed by atoms with Crippen molar-refractivity contribution in [2.45, 2.75) is 20.4 Å². The first kappa shape index (κ1) is 14.8. The Morgan fingerprint density at radius 1 is 1.32 bits per heavy atom. The summed E-state index contributed by atoms with van der Waals surface area (Å²) < 4.78 is 0. The highest BCUT2D eigenvalue weighted by atomic mass is 16.4. The zero-order valence-electron chi connectivity index (χ0n) is 11.2. The molecule has 5 nitrogen and oxygen atoms in total. The number of hydrogen-bond donors (Lipinski definition) is 2. The van der Waals surface area contributed by atoms with Gasteiger partial charge in [-0.05, 0) is 31.5 Å². The fourth-order valence-electron chi connectivity index (χ4n) is 1.56. The average Bonchev–Trinajstić information content (AvgIpc) is 2.30. The van der Waals surface area contributed by atoms with Crippen molar-refractivity contribution >= 4 is 11.9 Å². The second-order valence-corrected chi connectivity index (χ2v) is 4.57. The predicted octanol–water partition coefficient (Wildman–Crippen LogP) is 2.02. The number of amides is 1. The summed E-state index contributed by atoms with van der Waals surface area (Å²) in [5.41, 5.74) is 1.38. The first-order valence-corrected chi connectivity index (χ1v) is 5.76. The molecule has 0 aliphatic heterocycles. The number of phenols is 1. The molecule has 0 spiro atoms. The van der Waals surface area contributed by atoms with Gasteiger partial charge < -0.3 is 15.1 Å². The van der Waals surface area contributed by atoms with Crippen LogP contribution in [0.3, 0.4) is 0 Å². The molecule has 0 radical (unpaired) electrons. The van der Waals surface area contributed by atoms with E-state index in [1.54, 1.807) is 13.1 Å². The predicted molar refractivity (Wildman–Crippen MR) is 71.0 cm³/mol. The van der Waals surface area contributed by atoms with Crippen molar-refractivity contribution in [2.24, 2.45) is 0 Å². The monoisotopic (exact) mass is 263 g/mol. The number of carbonyl (C=O) groups is 2. The van der Waals surface area contributed by atoms with Gasteiger partial charge in [0, 0.05) is 19.7 Å². The van der Waals surface area contributed by atoms with E-state index in [0.29, 0.717) is 5.56 Å². The summed E-state index contributed by atoms with van der Waals surface area (Å²) in [6.45, 7) is 3.94. The third kappa shape index (κ3) is 4.13. The van der Waals surface area contributed by atoms with Gasteiger partial charge in [-0.25, -0.2) is 4.79 Å². The maximum absolute atomic E-state index is 11.7. The molecule has 0 heterocycles. The van der Waals surface area contributed by atoms with Crippen LogP contribution in [-0.2, 0) is 11.3 Å². The molecule has 1 rings (SSSR count). The van der Waals surface area contributed by atoms with E-state index in [2.05, 4.69) is 0 Å². The van der Waals surface area contributed by atoms with Gasteiger partial charge in [-0.2, -0.15) is 0 Å². The number of rotatable bonds is 4. The van der Waals surface area contributed by atoms with Gasteiger partial charge in [-0.3, -0.25) is 4.79 Å². The van der Waals surface area contributed by atoms with Crippen LogP contribution in [0.4, 0.5) is 0 Å². The maximum Gasteiger partial charge on any atom is 0.339 e. The number of benzene rings is 1. The van der Waals surface area contributed by atoms with Crippen molar-refractivity contribution in [1.29, 1.82) is 0 Å². The molecule has 0 saturated heterocycles. The Balaban J connectivity index is 2.89. The molecule has 0 bridgehead atoms. The van der Waals surface area contributed by atoms with Crippen LogP contribution >= 0.6 is 0 Å². The second-order valence-electron chi connectivity index (χ2n) is 4.57. The quantitative estimate of drug-likeness (QED) is 0.815. The number of aromatic carboxylic acids is 1. The van der Waals surface area contributed by atoms with E-state index in [4.69, 9.17) is 5.11 Å². The topological polar surface area (TPSA) is 77.8 Å². The number of allylic oxidation sites excluding steroid dienone is 1. The number of carbonyl (C=O) groups excluding carboxylic acids is 1. The molecule has 0 aliphatic carbocycles. The number of hydrogen-bond acceptors (Lipinski definition) is 3. The van der Waals surface area contributed by atoms with Crippen molar-refractivity contribution in [1.82, 2.24) is 4.90 Å². The molecule has 2 N–H and O–H groups in total. The zero-order chi connectivity index (χ0) is 14.6. The van der Waals surface area contributed by atoms with Crippen LogP contribution in [0.1, 0.15) is 29.8 Å². The Labute approximate surface area is 111 Å². The molecule has 5 heteroatoms. The lowest BCUT2D eigenvalue weighted by Crippen LogP contribution is -2.24. The molecule has 1 amide bonds. The Bertz CT molecular complexity index is 530. The van der Waals surface area contributed by atoms with Crippen molar-refractivity contribution in [3.8, 4) is 5.75 Å². The molecule has 0 saturated carbocycles. The van der Waals surface area contributed by atoms with Crippen LogP contribution in [0.5, 0.6) is 5.75 Å². The van der Waals surface area contributed by atoms with E-state index in [9.17, 15) is 14.7 Å². The van der Waals surface area contributed by atoms with Gasteiger partial charge in [-0.15, -0.1) is 0 Å². The van der Waals surface area contributed by atoms with Crippen LogP contribution in [0.25, 0.3) is 0 Å². The summed E-state index contributed by atoms with van der Waals surface area (Å²) in [5, 5.41) is 18.3. The minimum Gasteiger partial charge on any atom is -0.507 e. The summed E-state index contributed by atoms with van der Waals surface area (Å²) in [4.78, 5) is 24.1. The van der Waals surface area contributed by atoms with Crippen LogP contribution in [0.15, 0.2) is 29.8 Å². The Hall–Kier alpha value is -2.30. The fraction of sp³-hybridized carbons (Fsp3) is 0.286. The molecule has 0 fully saturated rings. The van der Waals surface area contributed by atoms with Gasteiger partial charge in [0.15, 0.2) is 0 Å². The Morgan fingerprint density at radius 3 is 2.47 bits per heavy atom. The van der Waals surface area contributed by atoms with E-state index in [0.717, 1.165) is 5.57 Å². The first-order valence-electron chi connectivity index (χ1n) is 5.76. The second kappa shape index (κ2) is 6.04. The van der Waals surface area contributed by atoms with E-state index in [1.807, 2.05) is 13.8 Å². The highest BCUT2D eigenvalue weighted by molar-refractivity contribution is 5.91. The normalized spacial score (nSPS) is 9.84. The number of likely N-dealkylation sites (N-methyl/N-ethyl adjacent to an activating group) is 1. The molecule has 1 aromatic rings. The summed E-state index contributed by atoms with van der Waals surface area (Å²) >= 11 is 0. The molecular formula is C14H17NO4. The lowest BCUT2D eigenvalue weighted by molar-refractivity contribution is -0.125. The molecule has 0 aliphatic rings. The standard InChI is InChI=1S/C14H17NO4/c1-9(2)6-13(17)15(3)8-10-4-5-12(16)11(7-10)14(18)19/h4-7,16H,8H2,1-3H3,(H,18,19). The Kier molecular flexibility index (Phi) is 4.69. The third-order valence-corrected chi connectivity index (χ3v) is 2.50. The smallest absolute Gasteiger partial charge is 0.339 e. The summed E-state index contributed by atoms with van der Waals surface area (Å²) in [6, 6.07) is 4.27. The summed E-state index contributed by atoms with van der Waals surface area (Å²) in [7, 11) is 1.63.